The van der Waals surface area contributed by atoms with E-state index < -0.39 is 0 Å². The van der Waals surface area contributed by atoms with Gasteiger partial charge < -0.3 is 4.90 Å². The van der Waals surface area contributed by atoms with Crippen molar-refractivity contribution in [3.63, 3.8) is 0 Å². The van der Waals surface area contributed by atoms with E-state index in [0.29, 0.717) is 11.3 Å². The van der Waals surface area contributed by atoms with Gasteiger partial charge in [-0.15, -0.1) is 0 Å². The fourth-order valence-corrected chi connectivity index (χ4v) is 1.85. The van der Waals surface area contributed by atoms with Gasteiger partial charge in [-0.1, -0.05) is 0 Å². The Morgan fingerprint density at radius 1 is 1.43 bits per heavy atom. The first-order valence-electron chi connectivity index (χ1n) is 4.37. The van der Waals surface area contributed by atoms with E-state index in [0.717, 1.165) is 19.5 Å². The lowest BCUT2D eigenvalue weighted by Gasteiger charge is -2.33. The minimum Gasteiger partial charge on any atom is -0.369 e. The molecule has 2 rings (SSSR count). The van der Waals surface area contributed by atoms with Gasteiger partial charge in [-0.3, -0.25) is 0 Å². The number of nitriles is 1. The number of hydrogen-bond donors (Lipinski definition) is 0. The Morgan fingerprint density at radius 3 is 2.64 bits per heavy atom. The lowest BCUT2D eigenvalue weighted by atomic mass is 10.1. The van der Waals surface area contributed by atoms with Crippen molar-refractivity contribution >= 4 is 21.6 Å². The molecule has 0 radical (unpaired) electrons. The highest BCUT2D eigenvalue weighted by atomic mass is 79.9. The average molecular weight is 255 g/mol. The monoisotopic (exact) mass is 254 g/mol. The van der Waals surface area contributed by atoms with Gasteiger partial charge in [-0.25, -0.2) is 4.39 Å². The maximum Gasteiger partial charge on any atom is 0.161 e. The predicted octanol–water partition coefficient (Wildman–Crippen LogP) is 2.67. The second-order valence-electron chi connectivity index (χ2n) is 3.21. The Balaban J connectivity index is 2.44. The van der Waals surface area contributed by atoms with Gasteiger partial charge in [-0.05, 0) is 34.5 Å². The average Bonchev–Trinajstić information content (AvgIpc) is 2.10. The van der Waals surface area contributed by atoms with Gasteiger partial charge in [0, 0.05) is 13.1 Å². The molecule has 0 unspecified atom stereocenters. The molecule has 1 saturated heterocycles. The summed E-state index contributed by atoms with van der Waals surface area (Å²) in [4.78, 5) is 1.96. The van der Waals surface area contributed by atoms with Gasteiger partial charge in [0.05, 0.1) is 15.7 Å². The van der Waals surface area contributed by atoms with Gasteiger partial charge in [-0.2, -0.15) is 5.26 Å². The molecule has 14 heavy (non-hydrogen) atoms. The van der Waals surface area contributed by atoms with Gasteiger partial charge in [0.15, 0.2) is 5.82 Å². The standard InChI is InChI=1S/C10H8BrFN2/c11-9-7(6-13)2-3-8(10(9)12)14-4-1-5-14/h2-3H,1,4-5H2. The van der Waals surface area contributed by atoms with E-state index in [1.807, 2.05) is 11.0 Å². The van der Waals surface area contributed by atoms with Crippen molar-refractivity contribution in [3.05, 3.63) is 28.0 Å². The van der Waals surface area contributed by atoms with Crippen LogP contribution in [0.15, 0.2) is 16.6 Å². The Hall–Kier alpha value is -1.08. The van der Waals surface area contributed by atoms with Gasteiger partial charge in [0.25, 0.3) is 0 Å². The lowest BCUT2D eigenvalue weighted by molar-refractivity contribution is 0.569. The molecule has 1 heterocycles. The summed E-state index contributed by atoms with van der Waals surface area (Å²) in [6.07, 6.45) is 1.11. The van der Waals surface area contributed by atoms with Crippen LogP contribution < -0.4 is 4.90 Å². The van der Waals surface area contributed by atoms with Crippen LogP contribution in [0.1, 0.15) is 12.0 Å². The van der Waals surface area contributed by atoms with Crippen LogP contribution in [-0.4, -0.2) is 13.1 Å². The summed E-state index contributed by atoms with van der Waals surface area (Å²) in [5.41, 5.74) is 0.925. The normalized spacial score (nSPS) is 14.8. The molecule has 0 aromatic heterocycles. The number of benzene rings is 1. The third kappa shape index (κ3) is 1.38. The van der Waals surface area contributed by atoms with Crippen LogP contribution in [0.3, 0.4) is 0 Å². The van der Waals surface area contributed by atoms with E-state index in [1.54, 1.807) is 12.1 Å². The highest BCUT2D eigenvalue weighted by Gasteiger charge is 2.20. The summed E-state index contributed by atoms with van der Waals surface area (Å²) in [6, 6.07) is 5.24. The summed E-state index contributed by atoms with van der Waals surface area (Å²) in [5.74, 6) is -0.330. The van der Waals surface area contributed by atoms with Crippen molar-refractivity contribution in [1.82, 2.24) is 0 Å². The van der Waals surface area contributed by atoms with Crippen LogP contribution in [0.2, 0.25) is 0 Å². The second kappa shape index (κ2) is 3.58. The third-order valence-corrected chi connectivity index (χ3v) is 3.15. The van der Waals surface area contributed by atoms with Gasteiger partial charge >= 0.3 is 0 Å². The summed E-state index contributed by atoms with van der Waals surface area (Å²) in [6.45, 7) is 1.80. The molecule has 1 aromatic carbocycles. The Bertz CT molecular complexity index is 407. The molecule has 72 valence electrons. The summed E-state index contributed by atoms with van der Waals surface area (Å²) >= 11 is 3.09. The Kier molecular flexibility index (Phi) is 2.42. The minimum atomic E-state index is -0.330. The van der Waals surface area contributed by atoms with Gasteiger partial charge in [0.2, 0.25) is 0 Å². The third-order valence-electron chi connectivity index (χ3n) is 2.38. The largest absolute Gasteiger partial charge is 0.369 e. The highest BCUT2D eigenvalue weighted by Crippen LogP contribution is 2.31. The number of anilines is 1. The molecule has 0 atom stereocenters. The molecule has 0 aliphatic carbocycles. The van der Waals surface area contributed by atoms with Crippen molar-refractivity contribution in [2.45, 2.75) is 6.42 Å². The molecule has 1 aliphatic heterocycles. The quantitative estimate of drug-likeness (QED) is 0.771. The molecule has 0 spiro atoms. The van der Waals surface area contributed by atoms with Crippen LogP contribution in [0.25, 0.3) is 0 Å². The van der Waals surface area contributed by atoms with Crippen molar-refractivity contribution < 1.29 is 4.39 Å². The number of rotatable bonds is 1. The zero-order valence-electron chi connectivity index (χ0n) is 7.43. The molecule has 4 heteroatoms. The summed E-state index contributed by atoms with van der Waals surface area (Å²) in [5, 5.41) is 8.68. The topological polar surface area (TPSA) is 27.0 Å². The van der Waals surface area contributed by atoms with Crippen LogP contribution in [-0.2, 0) is 0 Å². The molecular formula is C10H8BrFN2. The first-order chi connectivity index (χ1) is 6.74. The van der Waals surface area contributed by atoms with E-state index in [-0.39, 0.29) is 10.3 Å². The van der Waals surface area contributed by atoms with Crippen LogP contribution in [0.5, 0.6) is 0 Å². The van der Waals surface area contributed by atoms with Crippen LogP contribution in [0.4, 0.5) is 10.1 Å². The maximum atomic E-state index is 13.7. The number of halogens is 2. The first kappa shape index (κ1) is 9.47. The molecule has 1 fully saturated rings. The molecule has 1 aliphatic rings. The van der Waals surface area contributed by atoms with Crippen molar-refractivity contribution in [3.8, 4) is 6.07 Å². The minimum absolute atomic E-state index is 0.268. The molecular weight excluding hydrogens is 247 g/mol. The lowest BCUT2D eigenvalue weighted by Crippen LogP contribution is -2.37. The van der Waals surface area contributed by atoms with E-state index in [9.17, 15) is 4.39 Å². The van der Waals surface area contributed by atoms with Gasteiger partial charge in [0.1, 0.15) is 6.07 Å². The smallest absolute Gasteiger partial charge is 0.161 e. The van der Waals surface area contributed by atoms with Crippen molar-refractivity contribution in [1.29, 1.82) is 5.26 Å². The van der Waals surface area contributed by atoms with Crippen LogP contribution >= 0.6 is 15.9 Å². The molecule has 1 aromatic rings. The zero-order valence-corrected chi connectivity index (χ0v) is 9.01. The zero-order chi connectivity index (χ0) is 10.1. The van der Waals surface area contributed by atoms with E-state index in [2.05, 4.69) is 15.9 Å². The predicted molar refractivity (Wildman–Crippen MR) is 55.6 cm³/mol. The fraction of sp³-hybridized carbons (Fsp3) is 0.300. The number of nitrogens with zero attached hydrogens (tertiary/aromatic N) is 2. The highest BCUT2D eigenvalue weighted by molar-refractivity contribution is 9.10. The summed E-state index contributed by atoms with van der Waals surface area (Å²) in [7, 11) is 0. The molecule has 0 saturated carbocycles. The van der Waals surface area contributed by atoms with Crippen molar-refractivity contribution in [2.24, 2.45) is 0 Å². The maximum absolute atomic E-state index is 13.7. The molecule has 0 N–H and O–H groups in total. The van der Waals surface area contributed by atoms with E-state index in [4.69, 9.17) is 5.26 Å². The molecule has 2 nitrogen and oxygen atoms in total. The first-order valence-corrected chi connectivity index (χ1v) is 5.16. The Morgan fingerprint density at radius 2 is 2.14 bits per heavy atom. The van der Waals surface area contributed by atoms with E-state index >= 15 is 0 Å². The molecule has 0 amide bonds. The van der Waals surface area contributed by atoms with Crippen molar-refractivity contribution in [2.75, 3.05) is 18.0 Å². The fourth-order valence-electron chi connectivity index (χ4n) is 1.43. The second-order valence-corrected chi connectivity index (χ2v) is 4.01. The SMILES string of the molecule is N#Cc1ccc(N2CCC2)c(F)c1Br. The summed E-state index contributed by atoms with van der Waals surface area (Å²) < 4.78 is 13.9. The molecule has 0 bridgehead atoms. The Labute approximate surface area is 90.1 Å². The van der Waals surface area contributed by atoms with Crippen LogP contribution in [0, 0.1) is 17.1 Å². The van der Waals surface area contributed by atoms with E-state index in [1.165, 1.54) is 0 Å². The number of hydrogen-bond acceptors (Lipinski definition) is 2.